The van der Waals surface area contributed by atoms with E-state index in [1.54, 1.807) is 0 Å². The summed E-state index contributed by atoms with van der Waals surface area (Å²) in [6.07, 6.45) is 1.85. The highest BCUT2D eigenvalue weighted by Gasteiger charge is 2.32. The Hall–Kier alpha value is -4.15. The maximum atomic E-state index is 13.5. The highest BCUT2D eigenvalue weighted by atomic mass is 35.5. The summed E-state index contributed by atoms with van der Waals surface area (Å²) in [5.41, 5.74) is 4.39. The summed E-state index contributed by atoms with van der Waals surface area (Å²) >= 11 is 6.29. The Morgan fingerprint density at radius 1 is 0.794 bits per heavy atom. The molecule has 0 fully saturated rings. The molecule has 0 radical (unpaired) electrons. The number of benzene rings is 4. The molecule has 1 amide bonds. The first-order chi connectivity index (χ1) is 16.7. The Kier molecular flexibility index (Phi) is 6.23. The largest absolute Gasteiger partial charge is 0.488 e. The van der Waals surface area contributed by atoms with Crippen LogP contribution in [0.1, 0.15) is 16.7 Å². The molecule has 0 spiro atoms. The molecule has 4 aromatic rings. The van der Waals surface area contributed by atoms with Crippen molar-refractivity contribution in [3.05, 3.63) is 136 Å². The van der Waals surface area contributed by atoms with E-state index in [0.717, 1.165) is 16.7 Å². The normalized spacial score (nSPS) is 14.4. The standard InChI is InChI=1S/C29H21ClN2O2/c30-26-17-9-7-14-23(26)20-34-27-18-10-8-13-22(27)19-25-28(21-11-3-1-4-12-21)31-32(29(25)33)24-15-5-2-6-16-24/h1-19H,20H2/b25-19-. The Labute approximate surface area is 203 Å². The van der Waals surface area contributed by atoms with Gasteiger partial charge in [-0.1, -0.05) is 96.5 Å². The molecule has 0 saturated heterocycles. The number of ether oxygens (including phenoxy) is 1. The van der Waals surface area contributed by atoms with Gasteiger partial charge < -0.3 is 4.74 Å². The van der Waals surface area contributed by atoms with E-state index in [1.165, 1.54) is 5.01 Å². The highest BCUT2D eigenvalue weighted by molar-refractivity contribution is 6.37. The maximum Gasteiger partial charge on any atom is 0.281 e. The zero-order valence-corrected chi connectivity index (χ0v) is 19.0. The fraction of sp³-hybridized carbons (Fsp3) is 0.0345. The van der Waals surface area contributed by atoms with E-state index < -0.39 is 0 Å². The zero-order valence-electron chi connectivity index (χ0n) is 18.3. The van der Waals surface area contributed by atoms with Gasteiger partial charge in [-0.2, -0.15) is 10.1 Å². The van der Waals surface area contributed by atoms with E-state index in [-0.39, 0.29) is 5.91 Å². The lowest BCUT2D eigenvalue weighted by molar-refractivity contribution is -0.114. The van der Waals surface area contributed by atoms with Crippen molar-refractivity contribution < 1.29 is 9.53 Å². The van der Waals surface area contributed by atoms with Crippen LogP contribution in [0.4, 0.5) is 5.69 Å². The highest BCUT2D eigenvalue weighted by Crippen LogP contribution is 2.30. The van der Waals surface area contributed by atoms with Crippen LogP contribution in [0.5, 0.6) is 5.75 Å². The molecule has 0 aliphatic carbocycles. The van der Waals surface area contributed by atoms with Gasteiger partial charge in [0.15, 0.2) is 0 Å². The van der Waals surface area contributed by atoms with Gasteiger partial charge in [0.25, 0.3) is 5.91 Å². The molecule has 4 aromatic carbocycles. The fourth-order valence-electron chi connectivity index (χ4n) is 3.76. The summed E-state index contributed by atoms with van der Waals surface area (Å²) < 4.78 is 6.11. The zero-order chi connectivity index (χ0) is 23.3. The van der Waals surface area contributed by atoms with E-state index in [0.29, 0.717) is 34.4 Å². The van der Waals surface area contributed by atoms with Crippen molar-refractivity contribution in [3.63, 3.8) is 0 Å². The van der Waals surface area contributed by atoms with Crippen LogP contribution >= 0.6 is 11.6 Å². The van der Waals surface area contributed by atoms with Crippen LogP contribution in [0.15, 0.2) is 120 Å². The number of amides is 1. The molecule has 1 aliphatic heterocycles. The second kappa shape index (κ2) is 9.77. The number of rotatable bonds is 6. The monoisotopic (exact) mass is 464 g/mol. The Bertz CT molecular complexity index is 1380. The molecule has 0 atom stereocenters. The van der Waals surface area contributed by atoms with Gasteiger partial charge in [0, 0.05) is 21.7 Å². The number of carbonyl (C=O) groups is 1. The third kappa shape index (κ3) is 4.49. The third-order valence-corrected chi connectivity index (χ3v) is 5.85. The molecule has 1 heterocycles. The van der Waals surface area contributed by atoms with Crippen molar-refractivity contribution in [2.75, 3.05) is 5.01 Å². The van der Waals surface area contributed by atoms with Crippen molar-refractivity contribution in [1.29, 1.82) is 0 Å². The van der Waals surface area contributed by atoms with Crippen LogP contribution in [0, 0.1) is 0 Å². The van der Waals surface area contributed by atoms with Gasteiger partial charge in [0.05, 0.1) is 11.3 Å². The number of hydrogen-bond donors (Lipinski definition) is 0. The second-order valence-corrected chi connectivity index (χ2v) is 8.15. The molecule has 166 valence electrons. The van der Waals surface area contributed by atoms with Crippen molar-refractivity contribution in [2.45, 2.75) is 6.61 Å². The van der Waals surface area contributed by atoms with E-state index in [1.807, 2.05) is 115 Å². The maximum absolute atomic E-state index is 13.5. The van der Waals surface area contributed by atoms with Crippen LogP contribution in [0.3, 0.4) is 0 Å². The Morgan fingerprint density at radius 3 is 2.21 bits per heavy atom. The quantitative estimate of drug-likeness (QED) is 0.296. The smallest absolute Gasteiger partial charge is 0.281 e. The topological polar surface area (TPSA) is 41.9 Å². The van der Waals surface area contributed by atoms with Gasteiger partial charge >= 0.3 is 0 Å². The van der Waals surface area contributed by atoms with E-state index in [2.05, 4.69) is 0 Å². The van der Waals surface area contributed by atoms with Crippen molar-refractivity contribution in [1.82, 2.24) is 0 Å². The summed E-state index contributed by atoms with van der Waals surface area (Å²) in [7, 11) is 0. The third-order valence-electron chi connectivity index (χ3n) is 5.49. The van der Waals surface area contributed by atoms with E-state index in [9.17, 15) is 4.79 Å². The predicted molar refractivity (Wildman–Crippen MR) is 137 cm³/mol. The lowest BCUT2D eigenvalue weighted by atomic mass is 10.00. The minimum Gasteiger partial charge on any atom is -0.488 e. The average molecular weight is 465 g/mol. The van der Waals surface area contributed by atoms with E-state index >= 15 is 0 Å². The van der Waals surface area contributed by atoms with Gasteiger partial charge in [0.2, 0.25) is 0 Å². The fourth-order valence-corrected chi connectivity index (χ4v) is 3.95. The second-order valence-electron chi connectivity index (χ2n) is 7.74. The van der Waals surface area contributed by atoms with E-state index in [4.69, 9.17) is 21.4 Å². The minimum atomic E-state index is -0.189. The molecule has 0 saturated carbocycles. The first-order valence-electron chi connectivity index (χ1n) is 10.9. The van der Waals surface area contributed by atoms with Crippen LogP contribution < -0.4 is 9.75 Å². The van der Waals surface area contributed by atoms with Crippen molar-refractivity contribution in [2.24, 2.45) is 5.10 Å². The molecule has 0 N–H and O–H groups in total. The molecule has 4 nitrogen and oxygen atoms in total. The van der Waals surface area contributed by atoms with Gasteiger partial charge in [0.1, 0.15) is 18.1 Å². The van der Waals surface area contributed by atoms with Crippen LogP contribution in [0.2, 0.25) is 5.02 Å². The first-order valence-corrected chi connectivity index (χ1v) is 11.3. The number of hydrazone groups is 1. The number of carbonyl (C=O) groups excluding carboxylic acids is 1. The lowest BCUT2D eigenvalue weighted by Crippen LogP contribution is -2.21. The summed E-state index contributed by atoms with van der Waals surface area (Å²) in [6.45, 7) is 0.323. The first kappa shape index (κ1) is 21.7. The van der Waals surface area contributed by atoms with Crippen LogP contribution in [-0.4, -0.2) is 11.6 Å². The molecule has 5 heteroatoms. The number of halogens is 1. The van der Waals surface area contributed by atoms with Gasteiger partial charge in [-0.15, -0.1) is 0 Å². The van der Waals surface area contributed by atoms with Gasteiger partial charge in [-0.25, -0.2) is 0 Å². The van der Waals surface area contributed by atoms with Crippen molar-refractivity contribution >= 4 is 35.0 Å². The summed E-state index contributed by atoms with van der Waals surface area (Å²) in [5, 5.41) is 6.80. The van der Waals surface area contributed by atoms with Crippen molar-refractivity contribution in [3.8, 4) is 5.75 Å². The molecule has 0 bridgehead atoms. The number of anilines is 1. The van der Waals surface area contributed by atoms with Crippen LogP contribution in [-0.2, 0) is 11.4 Å². The molecule has 34 heavy (non-hydrogen) atoms. The molecular weight excluding hydrogens is 444 g/mol. The number of para-hydroxylation sites is 2. The molecule has 1 aliphatic rings. The molecule has 0 unspecified atom stereocenters. The summed E-state index contributed by atoms with van der Waals surface area (Å²) in [6, 6.07) is 34.4. The average Bonchev–Trinajstić information content (AvgIpc) is 3.21. The Morgan fingerprint density at radius 2 is 1.44 bits per heavy atom. The molecule has 5 rings (SSSR count). The predicted octanol–water partition coefficient (Wildman–Crippen LogP) is 6.75. The SMILES string of the molecule is O=C1/C(=C\c2ccccc2OCc2ccccc2Cl)C(c2ccccc2)=NN1c1ccccc1. The molecule has 0 aromatic heterocycles. The number of hydrogen-bond acceptors (Lipinski definition) is 3. The summed E-state index contributed by atoms with van der Waals surface area (Å²) in [5.74, 6) is 0.472. The van der Waals surface area contributed by atoms with Gasteiger partial charge in [-0.05, 0) is 30.3 Å². The Balaban J connectivity index is 1.52. The summed E-state index contributed by atoms with van der Waals surface area (Å²) in [4.78, 5) is 13.5. The lowest BCUT2D eigenvalue weighted by Gasteiger charge is -2.12. The molecular formula is C29H21ClN2O2. The number of nitrogens with zero attached hydrogens (tertiary/aromatic N) is 2. The van der Waals surface area contributed by atoms with Gasteiger partial charge in [-0.3, -0.25) is 4.79 Å². The van der Waals surface area contributed by atoms with Crippen LogP contribution in [0.25, 0.3) is 6.08 Å². The minimum absolute atomic E-state index is 0.189.